The van der Waals surface area contributed by atoms with Crippen LogP contribution in [0.1, 0.15) is 43.6 Å². The molecule has 0 aliphatic carbocycles. The van der Waals surface area contributed by atoms with Crippen molar-refractivity contribution in [2.24, 2.45) is 0 Å². The Balaban J connectivity index is 0.00000289. The van der Waals surface area contributed by atoms with Gasteiger partial charge in [-0.05, 0) is 13.0 Å². The van der Waals surface area contributed by atoms with Crippen LogP contribution in [0.25, 0.3) is 0 Å². The Morgan fingerprint density at radius 1 is 1.33 bits per heavy atom. The Morgan fingerprint density at radius 2 is 1.94 bits per heavy atom. The van der Waals surface area contributed by atoms with E-state index in [0.717, 1.165) is 17.3 Å². The van der Waals surface area contributed by atoms with Crippen LogP contribution in [0, 0.1) is 12.8 Å². The van der Waals surface area contributed by atoms with Crippen LogP contribution < -0.4 is 74.4 Å². The zero-order valence-electron chi connectivity index (χ0n) is 12.2. The van der Waals surface area contributed by atoms with Gasteiger partial charge in [-0.2, -0.15) is 13.8 Å². The first-order chi connectivity index (χ1) is 7.86. The van der Waals surface area contributed by atoms with Gasteiger partial charge < -0.3 is 4.65 Å². The predicted molar refractivity (Wildman–Crippen MR) is 71.7 cm³/mol. The average Bonchev–Trinajstić information content (AvgIpc) is 2.27. The molecule has 0 unspecified atom stereocenters. The molecule has 1 aromatic carbocycles. The van der Waals surface area contributed by atoms with Crippen molar-refractivity contribution in [3.05, 3.63) is 35.2 Å². The third-order valence-electron chi connectivity index (χ3n) is 3.11. The molecule has 0 N–H and O–H groups in total. The maximum atomic E-state index is 10.6. The van der Waals surface area contributed by atoms with Gasteiger partial charge in [0.1, 0.15) is 6.29 Å². The van der Waals surface area contributed by atoms with Crippen molar-refractivity contribution in [3.63, 3.8) is 0 Å². The second kappa shape index (κ2) is 8.30. The van der Waals surface area contributed by atoms with E-state index in [9.17, 15) is 4.79 Å². The van der Waals surface area contributed by atoms with Gasteiger partial charge in [0, 0.05) is 5.56 Å². The molecule has 2 nitrogen and oxygen atoms in total. The Hall–Kier alpha value is 0.967. The molecule has 4 heteroatoms. The number of carbonyl (C=O) groups excluding carboxylic acids is 1. The molecule has 0 aliphatic heterocycles. The fourth-order valence-electron chi connectivity index (χ4n) is 1.23. The Bertz CT molecular complexity index is 403. The zero-order chi connectivity index (χ0) is 13.1. The summed E-state index contributed by atoms with van der Waals surface area (Å²) in [5.74, 6) is 1.22. The minimum atomic E-state index is -0.268. The summed E-state index contributed by atoms with van der Waals surface area (Å²) in [6.45, 7) is 10.1. The summed E-state index contributed by atoms with van der Waals surface area (Å²) in [6.07, 6.45) is 0.853. The smallest absolute Gasteiger partial charge is 0.460 e. The van der Waals surface area contributed by atoms with Gasteiger partial charge >= 0.3 is 76.4 Å². The molecule has 0 saturated carbocycles. The molecule has 0 amide bonds. The maximum Gasteiger partial charge on any atom is 1.00 e. The van der Waals surface area contributed by atoms with Crippen LogP contribution in [-0.4, -0.2) is 19.4 Å². The predicted octanol–water partition coefficient (Wildman–Crippen LogP) is -0.534. The summed E-state index contributed by atoms with van der Waals surface area (Å²) in [5, 5.41) is 0. The Kier molecular flexibility index (Phi) is 8.74. The second-order valence-corrected chi connectivity index (χ2v) is 4.98. The fourth-order valence-corrected chi connectivity index (χ4v) is 1.23. The molecule has 0 spiro atoms. The van der Waals surface area contributed by atoms with E-state index in [0.29, 0.717) is 5.56 Å². The van der Waals surface area contributed by atoms with Crippen molar-refractivity contribution < 1.29 is 78.3 Å². The molecular weight excluding hydrogens is 344 g/mol. The van der Waals surface area contributed by atoms with Gasteiger partial charge in [-0.3, -0.25) is 10.7 Å². The molecule has 0 aromatic heterocycles. The standard InChI is InChI=1S/C14H19BO2.Cs/c1-10(2)14(4,5)17-15-13-7-6-12(9-16)8-11(13)3;/h6-9H,1-5H3;/q-1;+1. The zero-order valence-corrected chi connectivity index (χ0v) is 18.5. The SMILES string of the molecule is Cc1cc(C=O)ccc1[B]OC(C)(C)[C-](C)C.[Cs+]. The first kappa shape index (κ1) is 19.0. The third kappa shape index (κ3) is 5.53. The monoisotopic (exact) mass is 363 g/mol. The molecule has 18 heavy (non-hydrogen) atoms. The van der Waals surface area contributed by atoms with Gasteiger partial charge in [0.05, 0.1) is 0 Å². The minimum Gasteiger partial charge on any atom is -0.460 e. The van der Waals surface area contributed by atoms with Crippen LogP contribution in [0.4, 0.5) is 0 Å². The van der Waals surface area contributed by atoms with Gasteiger partial charge in [-0.15, -0.1) is 0 Å². The fraction of sp³-hybridized carbons (Fsp3) is 0.429. The van der Waals surface area contributed by atoms with Crippen molar-refractivity contribution in [2.75, 3.05) is 0 Å². The summed E-state index contributed by atoms with van der Waals surface area (Å²) in [4.78, 5) is 10.6. The van der Waals surface area contributed by atoms with Crippen LogP contribution in [-0.2, 0) is 4.65 Å². The van der Waals surface area contributed by atoms with E-state index in [1.165, 1.54) is 5.92 Å². The largest absolute Gasteiger partial charge is 1.00 e. The van der Waals surface area contributed by atoms with Gasteiger partial charge in [-0.1, -0.05) is 42.6 Å². The Morgan fingerprint density at radius 3 is 2.39 bits per heavy atom. The molecule has 0 bridgehead atoms. The number of aryl methyl sites for hydroxylation is 1. The van der Waals surface area contributed by atoms with Gasteiger partial charge in [0.25, 0.3) is 0 Å². The van der Waals surface area contributed by atoms with E-state index in [4.69, 9.17) is 4.65 Å². The van der Waals surface area contributed by atoms with E-state index < -0.39 is 0 Å². The van der Waals surface area contributed by atoms with Crippen molar-refractivity contribution in [3.8, 4) is 0 Å². The number of rotatable bonds is 5. The first-order valence-corrected chi connectivity index (χ1v) is 5.74. The number of carbonyl (C=O) groups is 1. The molecule has 0 aliphatic rings. The molecule has 1 aromatic rings. The van der Waals surface area contributed by atoms with E-state index in [2.05, 4.69) is 13.8 Å². The summed E-state index contributed by atoms with van der Waals surface area (Å²) in [5.41, 5.74) is 2.47. The van der Waals surface area contributed by atoms with E-state index >= 15 is 0 Å². The van der Waals surface area contributed by atoms with Crippen LogP contribution in [0.3, 0.4) is 0 Å². The third-order valence-corrected chi connectivity index (χ3v) is 3.11. The summed E-state index contributed by atoms with van der Waals surface area (Å²) in [6, 6.07) is 5.56. The molecule has 0 saturated heterocycles. The second-order valence-electron chi connectivity index (χ2n) is 4.98. The van der Waals surface area contributed by atoms with Crippen LogP contribution in [0.5, 0.6) is 0 Å². The maximum absolute atomic E-state index is 10.6. The number of aldehydes is 1. The van der Waals surface area contributed by atoms with E-state index in [-0.39, 0.29) is 74.5 Å². The normalized spacial score (nSPS) is 11.0. The topological polar surface area (TPSA) is 26.3 Å². The van der Waals surface area contributed by atoms with Crippen LogP contribution in [0.2, 0.25) is 0 Å². The molecule has 1 radical (unpaired) electrons. The summed E-state index contributed by atoms with van der Waals surface area (Å²) in [7, 11) is 1.76. The molecule has 0 heterocycles. The quantitative estimate of drug-likeness (QED) is 0.400. The molecule has 0 atom stereocenters. The first-order valence-electron chi connectivity index (χ1n) is 5.74. The molecule has 91 valence electrons. The summed E-state index contributed by atoms with van der Waals surface area (Å²) >= 11 is 0. The molecule has 1 rings (SSSR count). The van der Waals surface area contributed by atoms with E-state index in [1.807, 2.05) is 32.9 Å². The van der Waals surface area contributed by atoms with Crippen molar-refractivity contribution in [1.29, 1.82) is 0 Å². The minimum absolute atomic E-state index is 0. The van der Waals surface area contributed by atoms with Crippen molar-refractivity contribution in [1.82, 2.24) is 0 Å². The van der Waals surface area contributed by atoms with Gasteiger partial charge in [0.15, 0.2) is 0 Å². The van der Waals surface area contributed by atoms with Crippen molar-refractivity contribution >= 4 is 19.2 Å². The van der Waals surface area contributed by atoms with Crippen LogP contribution >= 0.6 is 0 Å². The summed E-state index contributed by atoms with van der Waals surface area (Å²) < 4.78 is 5.78. The number of benzene rings is 1. The number of hydrogen-bond acceptors (Lipinski definition) is 2. The van der Waals surface area contributed by atoms with Crippen LogP contribution in [0.15, 0.2) is 18.2 Å². The van der Waals surface area contributed by atoms with Gasteiger partial charge in [-0.25, -0.2) is 0 Å². The number of hydrogen-bond donors (Lipinski definition) is 0. The van der Waals surface area contributed by atoms with E-state index in [1.54, 1.807) is 13.5 Å². The van der Waals surface area contributed by atoms with Crippen molar-refractivity contribution in [2.45, 2.75) is 40.2 Å². The molecule has 0 fully saturated rings. The Labute approximate surface area is 170 Å². The molecular formula is C14H19BCsO2. The van der Waals surface area contributed by atoms with Gasteiger partial charge in [0.2, 0.25) is 0 Å². The average molecular weight is 363 g/mol.